The number of rotatable bonds is 3. The second-order valence-electron chi connectivity index (χ2n) is 5.09. The van der Waals surface area contributed by atoms with Gasteiger partial charge >= 0.3 is 0 Å². The predicted molar refractivity (Wildman–Crippen MR) is 73.0 cm³/mol. The molecular formula is C15H21N3. The van der Waals surface area contributed by atoms with E-state index in [9.17, 15) is 0 Å². The lowest BCUT2D eigenvalue weighted by molar-refractivity contribution is 0.183. The second kappa shape index (κ2) is 6.53. The summed E-state index contributed by atoms with van der Waals surface area (Å²) >= 11 is 0. The van der Waals surface area contributed by atoms with Gasteiger partial charge in [0.25, 0.3) is 0 Å². The topological polar surface area (TPSA) is 30.3 Å². The molecule has 0 saturated carbocycles. The van der Waals surface area contributed by atoms with E-state index in [0.29, 0.717) is 12.5 Å². The summed E-state index contributed by atoms with van der Waals surface area (Å²) in [6.07, 6.45) is 1.81. The van der Waals surface area contributed by atoms with Crippen LogP contribution < -0.4 is 0 Å². The first-order valence-corrected chi connectivity index (χ1v) is 6.63. The molecule has 1 fully saturated rings. The predicted octanol–water partition coefficient (Wildman–Crippen LogP) is 2.11. The number of hydrogen-bond acceptors (Lipinski definition) is 3. The molecule has 0 radical (unpaired) electrons. The Hall–Kier alpha value is -1.37. The number of hydrogen-bond donors (Lipinski definition) is 0. The average Bonchev–Trinajstić information content (AvgIpc) is 2.54. The minimum atomic E-state index is 0.364. The van der Waals surface area contributed by atoms with Crippen LogP contribution in [0.3, 0.4) is 0 Å². The van der Waals surface area contributed by atoms with Crippen LogP contribution >= 0.6 is 0 Å². The molecule has 1 aromatic carbocycles. The highest BCUT2D eigenvalue weighted by Crippen LogP contribution is 2.15. The molecule has 1 aromatic rings. The van der Waals surface area contributed by atoms with Crippen molar-refractivity contribution in [2.24, 2.45) is 0 Å². The molecule has 1 atom stereocenters. The Morgan fingerprint density at radius 1 is 1.28 bits per heavy atom. The minimum Gasteiger partial charge on any atom is -0.305 e. The van der Waals surface area contributed by atoms with Crippen molar-refractivity contribution in [3.05, 3.63) is 35.9 Å². The number of nitriles is 1. The Morgan fingerprint density at radius 2 is 2.06 bits per heavy atom. The molecule has 1 aliphatic rings. The molecule has 2 rings (SSSR count). The average molecular weight is 243 g/mol. The molecule has 3 nitrogen and oxygen atoms in total. The van der Waals surface area contributed by atoms with Gasteiger partial charge in [0.2, 0.25) is 0 Å². The lowest BCUT2D eigenvalue weighted by atomic mass is 10.1. The fourth-order valence-electron chi connectivity index (χ4n) is 2.62. The molecular weight excluding hydrogens is 222 g/mol. The van der Waals surface area contributed by atoms with Gasteiger partial charge in [-0.05, 0) is 25.6 Å². The van der Waals surface area contributed by atoms with Crippen LogP contribution in [0.25, 0.3) is 0 Å². The summed E-state index contributed by atoms with van der Waals surface area (Å²) < 4.78 is 0. The van der Waals surface area contributed by atoms with E-state index in [1.54, 1.807) is 0 Å². The van der Waals surface area contributed by atoms with E-state index in [0.717, 1.165) is 26.2 Å². The van der Waals surface area contributed by atoms with Crippen LogP contribution in [0.15, 0.2) is 30.3 Å². The number of nitrogens with zero attached hydrogens (tertiary/aromatic N) is 3. The molecule has 1 saturated heterocycles. The molecule has 1 aliphatic heterocycles. The lowest BCUT2D eigenvalue weighted by Gasteiger charge is -2.29. The van der Waals surface area contributed by atoms with Crippen LogP contribution in [0.4, 0.5) is 0 Å². The molecule has 0 aromatic heterocycles. The van der Waals surface area contributed by atoms with E-state index >= 15 is 0 Å². The summed E-state index contributed by atoms with van der Waals surface area (Å²) in [5, 5.41) is 8.99. The highest BCUT2D eigenvalue weighted by molar-refractivity contribution is 5.14. The summed E-state index contributed by atoms with van der Waals surface area (Å²) in [5.74, 6) is 0. The third-order valence-corrected chi connectivity index (χ3v) is 3.58. The van der Waals surface area contributed by atoms with Crippen molar-refractivity contribution in [2.75, 3.05) is 26.7 Å². The molecule has 0 aliphatic carbocycles. The van der Waals surface area contributed by atoms with Crippen molar-refractivity contribution in [3.8, 4) is 6.07 Å². The summed E-state index contributed by atoms with van der Waals surface area (Å²) in [6, 6.07) is 13.2. The van der Waals surface area contributed by atoms with Gasteiger partial charge in [-0.25, -0.2) is 0 Å². The third kappa shape index (κ3) is 3.56. The van der Waals surface area contributed by atoms with Crippen molar-refractivity contribution in [2.45, 2.75) is 25.4 Å². The third-order valence-electron chi connectivity index (χ3n) is 3.58. The smallest absolute Gasteiger partial charge is 0.0638 e. The van der Waals surface area contributed by atoms with E-state index in [2.05, 4.69) is 47.2 Å². The standard InChI is InChI=1S/C15H21N3/c1-17-10-5-11-18(15(13-17)8-9-16)12-14-6-3-2-4-7-14/h2-4,6-7,15H,5,8,10-13H2,1H3. The molecule has 3 heteroatoms. The highest BCUT2D eigenvalue weighted by Gasteiger charge is 2.22. The Morgan fingerprint density at radius 3 is 2.78 bits per heavy atom. The Bertz CT molecular complexity index is 396. The zero-order valence-corrected chi connectivity index (χ0v) is 11.0. The van der Waals surface area contributed by atoms with Gasteiger partial charge in [-0.2, -0.15) is 5.26 Å². The van der Waals surface area contributed by atoms with Gasteiger partial charge in [-0.1, -0.05) is 30.3 Å². The summed E-state index contributed by atoms with van der Waals surface area (Å²) in [5.41, 5.74) is 1.34. The quantitative estimate of drug-likeness (QED) is 0.814. The van der Waals surface area contributed by atoms with Gasteiger partial charge in [-0.3, -0.25) is 4.90 Å². The van der Waals surface area contributed by atoms with Gasteiger partial charge in [0, 0.05) is 25.7 Å². The van der Waals surface area contributed by atoms with E-state index in [-0.39, 0.29) is 0 Å². The highest BCUT2D eigenvalue weighted by atomic mass is 15.2. The van der Waals surface area contributed by atoms with Gasteiger partial charge in [0.15, 0.2) is 0 Å². The zero-order valence-electron chi connectivity index (χ0n) is 11.0. The van der Waals surface area contributed by atoms with E-state index < -0.39 is 0 Å². The van der Waals surface area contributed by atoms with Crippen LogP contribution in [0, 0.1) is 11.3 Å². The fourth-order valence-corrected chi connectivity index (χ4v) is 2.62. The van der Waals surface area contributed by atoms with E-state index in [4.69, 9.17) is 5.26 Å². The van der Waals surface area contributed by atoms with Crippen molar-refractivity contribution in [1.82, 2.24) is 9.80 Å². The Balaban J connectivity index is 2.05. The molecule has 1 unspecified atom stereocenters. The van der Waals surface area contributed by atoms with Gasteiger partial charge < -0.3 is 4.90 Å². The molecule has 18 heavy (non-hydrogen) atoms. The molecule has 0 N–H and O–H groups in total. The van der Waals surface area contributed by atoms with Crippen molar-refractivity contribution in [3.63, 3.8) is 0 Å². The second-order valence-corrected chi connectivity index (χ2v) is 5.09. The fraction of sp³-hybridized carbons (Fsp3) is 0.533. The number of likely N-dealkylation sites (N-methyl/N-ethyl adjacent to an activating group) is 1. The normalized spacial score (nSPS) is 22.3. The summed E-state index contributed by atoms with van der Waals surface area (Å²) in [6.45, 7) is 4.18. The van der Waals surface area contributed by atoms with Crippen LogP contribution in [0.2, 0.25) is 0 Å². The minimum absolute atomic E-state index is 0.364. The maximum absolute atomic E-state index is 8.99. The lowest BCUT2D eigenvalue weighted by Crippen LogP contribution is -2.39. The van der Waals surface area contributed by atoms with Gasteiger partial charge in [0.1, 0.15) is 0 Å². The monoisotopic (exact) mass is 243 g/mol. The Kier molecular flexibility index (Phi) is 4.74. The molecule has 0 bridgehead atoms. The van der Waals surface area contributed by atoms with Crippen molar-refractivity contribution >= 4 is 0 Å². The van der Waals surface area contributed by atoms with E-state index in [1.165, 1.54) is 12.0 Å². The zero-order chi connectivity index (χ0) is 12.8. The first kappa shape index (κ1) is 13.1. The Labute approximate surface area is 110 Å². The van der Waals surface area contributed by atoms with Crippen LogP contribution in [0.1, 0.15) is 18.4 Å². The molecule has 0 amide bonds. The van der Waals surface area contributed by atoms with Crippen LogP contribution in [0.5, 0.6) is 0 Å². The summed E-state index contributed by atoms with van der Waals surface area (Å²) in [4.78, 5) is 4.80. The maximum Gasteiger partial charge on any atom is 0.0638 e. The largest absolute Gasteiger partial charge is 0.305 e. The van der Waals surface area contributed by atoms with Gasteiger partial charge in [-0.15, -0.1) is 0 Å². The van der Waals surface area contributed by atoms with Gasteiger partial charge in [0.05, 0.1) is 12.5 Å². The maximum atomic E-state index is 8.99. The molecule has 0 spiro atoms. The van der Waals surface area contributed by atoms with Crippen molar-refractivity contribution in [1.29, 1.82) is 5.26 Å². The van der Waals surface area contributed by atoms with Crippen molar-refractivity contribution < 1.29 is 0 Å². The number of benzene rings is 1. The first-order valence-electron chi connectivity index (χ1n) is 6.63. The SMILES string of the molecule is CN1CCCN(Cc2ccccc2)C(CC#N)C1. The molecule has 96 valence electrons. The van der Waals surface area contributed by atoms with Crippen LogP contribution in [-0.4, -0.2) is 42.5 Å². The van der Waals surface area contributed by atoms with E-state index in [1.807, 2.05) is 6.07 Å². The molecule has 1 heterocycles. The first-order chi connectivity index (χ1) is 8.79. The summed E-state index contributed by atoms with van der Waals surface area (Å²) in [7, 11) is 2.15. The van der Waals surface area contributed by atoms with Crippen LogP contribution in [-0.2, 0) is 6.54 Å².